The molecular formula is C21H23N3. The Morgan fingerprint density at radius 3 is 2.62 bits per heavy atom. The van der Waals surface area contributed by atoms with Crippen molar-refractivity contribution in [1.29, 1.82) is 0 Å². The molecule has 2 heterocycles. The molecule has 2 aromatic carbocycles. The molecule has 1 aliphatic rings. The molecule has 122 valence electrons. The van der Waals surface area contributed by atoms with Gasteiger partial charge in [-0.3, -0.25) is 0 Å². The van der Waals surface area contributed by atoms with Crippen LogP contribution in [0.1, 0.15) is 25.3 Å². The topological polar surface area (TPSA) is 29.0 Å². The Labute approximate surface area is 143 Å². The van der Waals surface area contributed by atoms with Crippen LogP contribution in [0.15, 0.2) is 54.9 Å². The third-order valence-electron chi connectivity index (χ3n) is 5.11. The Hall–Kier alpha value is -2.26. The summed E-state index contributed by atoms with van der Waals surface area (Å²) in [5.41, 5.74) is 2.49. The van der Waals surface area contributed by atoms with Crippen LogP contribution in [0.5, 0.6) is 0 Å². The second kappa shape index (κ2) is 6.70. The van der Waals surface area contributed by atoms with Gasteiger partial charge < -0.3 is 4.90 Å². The highest BCUT2D eigenvalue weighted by molar-refractivity contribution is 5.87. The van der Waals surface area contributed by atoms with E-state index < -0.39 is 0 Å². The standard InChI is InChI=1S/C21H23N3/c1-16-4-2-12-24(16)13-9-17-5-6-19-15-20(8-7-18(19)14-17)21-22-10-3-11-23-21/h3,5-8,10-11,14-16H,2,4,9,12-13H2,1H3/t16-/m1/s1. The number of fused-ring (bicyclic) bond motifs is 1. The molecule has 0 bridgehead atoms. The van der Waals surface area contributed by atoms with Crippen LogP contribution < -0.4 is 0 Å². The largest absolute Gasteiger partial charge is 0.300 e. The second-order valence-electron chi connectivity index (χ2n) is 6.75. The van der Waals surface area contributed by atoms with Crippen LogP contribution in [0.2, 0.25) is 0 Å². The van der Waals surface area contributed by atoms with E-state index in [9.17, 15) is 0 Å². The summed E-state index contributed by atoms with van der Waals surface area (Å²) < 4.78 is 0. The molecule has 0 N–H and O–H groups in total. The van der Waals surface area contributed by atoms with Gasteiger partial charge in [0.1, 0.15) is 0 Å². The molecule has 24 heavy (non-hydrogen) atoms. The van der Waals surface area contributed by atoms with Gasteiger partial charge in [0.15, 0.2) is 5.82 Å². The zero-order valence-electron chi connectivity index (χ0n) is 14.2. The van der Waals surface area contributed by atoms with Crippen LogP contribution in [-0.4, -0.2) is 34.0 Å². The molecular weight excluding hydrogens is 294 g/mol. The summed E-state index contributed by atoms with van der Waals surface area (Å²) in [6, 6.07) is 15.9. The van der Waals surface area contributed by atoms with Gasteiger partial charge in [-0.2, -0.15) is 0 Å². The highest BCUT2D eigenvalue weighted by Crippen LogP contribution is 2.23. The first-order valence-electron chi connectivity index (χ1n) is 8.84. The number of hydrogen-bond acceptors (Lipinski definition) is 3. The molecule has 0 saturated carbocycles. The van der Waals surface area contributed by atoms with E-state index in [2.05, 4.69) is 58.2 Å². The van der Waals surface area contributed by atoms with E-state index in [4.69, 9.17) is 0 Å². The summed E-state index contributed by atoms with van der Waals surface area (Å²) in [5.74, 6) is 0.784. The lowest BCUT2D eigenvalue weighted by Crippen LogP contribution is -2.28. The van der Waals surface area contributed by atoms with Crippen LogP contribution >= 0.6 is 0 Å². The van der Waals surface area contributed by atoms with Crippen molar-refractivity contribution >= 4 is 10.8 Å². The van der Waals surface area contributed by atoms with Gasteiger partial charge in [0, 0.05) is 30.5 Å². The van der Waals surface area contributed by atoms with Gasteiger partial charge in [0.25, 0.3) is 0 Å². The highest BCUT2D eigenvalue weighted by Gasteiger charge is 2.19. The van der Waals surface area contributed by atoms with Crippen LogP contribution in [0, 0.1) is 0 Å². The summed E-state index contributed by atoms with van der Waals surface area (Å²) in [7, 11) is 0. The van der Waals surface area contributed by atoms with E-state index >= 15 is 0 Å². The van der Waals surface area contributed by atoms with E-state index in [-0.39, 0.29) is 0 Å². The molecule has 3 heteroatoms. The Morgan fingerprint density at radius 2 is 1.83 bits per heavy atom. The first-order chi connectivity index (χ1) is 11.8. The van der Waals surface area contributed by atoms with E-state index in [1.807, 2.05) is 6.07 Å². The number of nitrogens with zero attached hydrogens (tertiary/aromatic N) is 3. The molecule has 0 unspecified atom stereocenters. The maximum Gasteiger partial charge on any atom is 0.159 e. The van der Waals surface area contributed by atoms with E-state index in [1.165, 1.54) is 42.3 Å². The van der Waals surface area contributed by atoms with Crippen molar-refractivity contribution in [2.45, 2.75) is 32.2 Å². The summed E-state index contributed by atoms with van der Waals surface area (Å²) >= 11 is 0. The molecule has 1 saturated heterocycles. The third kappa shape index (κ3) is 3.17. The fourth-order valence-electron chi connectivity index (χ4n) is 3.64. The summed E-state index contributed by atoms with van der Waals surface area (Å²) in [5, 5.41) is 2.54. The van der Waals surface area contributed by atoms with Crippen LogP contribution in [0.3, 0.4) is 0 Å². The van der Waals surface area contributed by atoms with Gasteiger partial charge in [-0.15, -0.1) is 0 Å². The number of hydrogen-bond donors (Lipinski definition) is 0. The minimum atomic E-state index is 0.749. The average Bonchev–Trinajstić information content (AvgIpc) is 3.05. The van der Waals surface area contributed by atoms with Gasteiger partial charge in [0.05, 0.1) is 0 Å². The smallest absolute Gasteiger partial charge is 0.159 e. The summed E-state index contributed by atoms with van der Waals surface area (Å²) in [6.07, 6.45) is 7.40. The number of likely N-dealkylation sites (tertiary alicyclic amines) is 1. The molecule has 3 aromatic rings. The van der Waals surface area contributed by atoms with E-state index in [1.54, 1.807) is 12.4 Å². The van der Waals surface area contributed by atoms with Gasteiger partial charge in [-0.05, 0) is 61.2 Å². The van der Waals surface area contributed by atoms with Gasteiger partial charge >= 0.3 is 0 Å². The lowest BCUT2D eigenvalue weighted by Gasteiger charge is -2.20. The van der Waals surface area contributed by atoms with Crippen LogP contribution in [0.25, 0.3) is 22.2 Å². The van der Waals surface area contributed by atoms with Crippen molar-refractivity contribution in [2.24, 2.45) is 0 Å². The molecule has 4 rings (SSSR count). The van der Waals surface area contributed by atoms with Gasteiger partial charge in [0.2, 0.25) is 0 Å². The second-order valence-corrected chi connectivity index (χ2v) is 6.75. The van der Waals surface area contributed by atoms with Crippen molar-refractivity contribution < 1.29 is 0 Å². The Balaban J connectivity index is 1.53. The monoisotopic (exact) mass is 317 g/mol. The highest BCUT2D eigenvalue weighted by atomic mass is 15.2. The summed E-state index contributed by atoms with van der Waals surface area (Å²) in [4.78, 5) is 11.3. The lowest BCUT2D eigenvalue weighted by atomic mass is 10.0. The quantitative estimate of drug-likeness (QED) is 0.717. The fourth-order valence-corrected chi connectivity index (χ4v) is 3.64. The molecule has 1 atom stereocenters. The molecule has 0 amide bonds. The SMILES string of the molecule is C[C@@H]1CCCN1CCc1ccc2cc(-c3ncccn3)ccc2c1. The molecule has 1 aromatic heterocycles. The molecule has 0 radical (unpaired) electrons. The molecule has 1 aliphatic heterocycles. The van der Waals surface area contributed by atoms with Gasteiger partial charge in [-0.25, -0.2) is 9.97 Å². The third-order valence-corrected chi connectivity index (χ3v) is 5.11. The maximum atomic E-state index is 4.34. The lowest BCUT2D eigenvalue weighted by molar-refractivity contribution is 0.272. The maximum absolute atomic E-state index is 4.34. The zero-order chi connectivity index (χ0) is 16.4. The molecule has 3 nitrogen and oxygen atoms in total. The Morgan fingerprint density at radius 1 is 1.04 bits per heavy atom. The van der Waals surface area contributed by atoms with Crippen molar-refractivity contribution in [1.82, 2.24) is 14.9 Å². The normalized spacial score (nSPS) is 18.3. The number of aromatic nitrogens is 2. The van der Waals surface area contributed by atoms with Gasteiger partial charge in [-0.1, -0.05) is 30.3 Å². The average molecular weight is 317 g/mol. The van der Waals surface area contributed by atoms with E-state index in [0.717, 1.165) is 23.9 Å². The minimum absolute atomic E-state index is 0.749. The molecule has 0 aliphatic carbocycles. The first kappa shape index (κ1) is 15.3. The Bertz CT molecular complexity index is 829. The minimum Gasteiger partial charge on any atom is -0.300 e. The van der Waals surface area contributed by atoms with E-state index in [0.29, 0.717) is 0 Å². The Kier molecular flexibility index (Phi) is 4.26. The van der Waals surface area contributed by atoms with Crippen molar-refractivity contribution in [3.8, 4) is 11.4 Å². The zero-order valence-corrected chi connectivity index (χ0v) is 14.2. The van der Waals surface area contributed by atoms with Crippen molar-refractivity contribution in [3.63, 3.8) is 0 Å². The number of rotatable bonds is 4. The van der Waals surface area contributed by atoms with Crippen molar-refractivity contribution in [2.75, 3.05) is 13.1 Å². The number of benzene rings is 2. The van der Waals surface area contributed by atoms with Crippen LogP contribution in [-0.2, 0) is 6.42 Å². The predicted octanol–water partition coefficient (Wildman–Crippen LogP) is 4.32. The first-order valence-corrected chi connectivity index (χ1v) is 8.84. The predicted molar refractivity (Wildman–Crippen MR) is 98.9 cm³/mol. The molecule has 0 spiro atoms. The van der Waals surface area contributed by atoms with Crippen LogP contribution in [0.4, 0.5) is 0 Å². The summed E-state index contributed by atoms with van der Waals surface area (Å²) in [6.45, 7) is 4.78. The van der Waals surface area contributed by atoms with Crippen molar-refractivity contribution in [3.05, 3.63) is 60.4 Å². The molecule has 1 fully saturated rings. The fraction of sp³-hybridized carbons (Fsp3) is 0.333.